The molecule has 2 aromatic rings. The monoisotopic (exact) mass is 284 g/mol. The number of amides is 1. The molecule has 1 aliphatic heterocycles. The number of carbonyl (C=O) groups is 1. The van der Waals surface area contributed by atoms with Crippen LogP contribution in [0.3, 0.4) is 0 Å². The van der Waals surface area contributed by atoms with Crippen molar-refractivity contribution in [3.05, 3.63) is 48.3 Å². The third-order valence-electron chi connectivity index (χ3n) is 3.21. The van der Waals surface area contributed by atoms with E-state index in [1.165, 1.54) is 0 Å². The fourth-order valence-electron chi connectivity index (χ4n) is 2.16. The van der Waals surface area contributed by atoms with Crippen LogP contribution in [0.5, 0.6) is 11.5 Å². The number of anilines is 1. The Morgan fingerprint density at radius 1 is 1.10 bits per heavy atom. The molecule has 0 fully saturated rings. The van der Waals surface area contributed by atoms with Crippen LogP contribution < -0.4 is 14.8 Å². The lowest BCUT2D eigenvalue weighted by Gasteiger charge is -2.18. The molecule has 1 aromatic carbocycles. The summed E-state index contributed by atoms with van der Waals surface area (Å²) in [6.07, 6.45) is 4.38. The first-order chi connectivity index (χ1) is 10.3. The number of fused-ring (bicyclic) bond motifs is 1. The van der Waals surface area contributed by atoms with Gasteiger partial charge >= 0.3 is 0 Å². The second-order valence-electron chi connectivity index (χ2n) is 4.76. The number of nitrogens with zero attached hydrogens (tertiary/aromatic N) is 1. The van der Waals surface area contributed by atoms with Gasteiger partial charge in [0.2, 0.25) is 5.91 Å². The molecule has 1 N–H and O–H groups in total. The van der Waals surface area contributed by atoms with Gasteiger partial charge in [-0.1, -0.05) is 6.07 Å². The van der Waals surface area contributed by atoms with Crippen LogP contribution in [0.2, 0.25) is 0 Å². The lowest BCUT2D eigenvalue weighted by molar-refractivity contribution is -0.116. The molecule has 0 aliphatic carbocycles. The van der Waals surface area contributed by atoms with E-state index in [-0.39, 0.29) is 5.91 Å². The molecule has 0 radical (unpaired) electrons. The number of hydrogen-bond donors (Lipinski definition) is 1. The molecule has 0 saturated heterocycles. The zero-order chi connectivity index (χ0) is 14.5. The Kier molecular flexibility index (Phi) is 4.00. The number of benzene rings is 1. The summed E-state index contributed by atoms with van der Waals surface area (Å²) in [5.41, 5.74) is 1.82. The maximum atomic E-state index is 11.9. The van der Waals surface area contributed by atoms with Crippen molar-refractivity contribution < 1.29 is 14.3 Å². The van der Waals surface area contributed by atoms with Crippen LogP contribution in [0.15, 0.2) is 42.7 Å². The Balaban J connectivity index is 1.56. The van der Waals surface area contributed by atoms with Gasteiger partial charge in [-0.2, -0.15) is 0 Å². The minimum Gasteiger partial charge on any atom is -0.486 e. The van der Waals surface area contributed by atoms with E-state index in [0.717, 1.165) is 22.7 Å². The zero-order valence-corrected chi connectivity index (χ0v) is 11.5. The zero-order valence-electron chi connectivity index (χ0n) is 11.5. The van der Waals surface area contributed by atoms with E-state index in [1.54, 1.807) is 24.5 Å². The molecule has 0 atom stereocenters. The normalized spacial score (nSPS) is 12.8. The first-order valence-corrected chi connectivity index (χ1v) is 6.90. The van der Waals surface area contributed by atoms with Crippen LogP contribution in [0, 0.1) is 0 Å². The molecule has 0 unspecified atom stereocenters. The molecule has 1 aliphatic rings. The van der Waals surface area contributed by atoms with Crippen molar-refractivity contribution in [2.24, 2.45) is 0 Å². The van der Waals surface area contributed by atoms with E-state index in [4.69, 9.17) is 9.47 Å². The Bertz CT molecular complexity index is 629. The number of aromatic nitrogens is 1. The fraction of sp³-hybridized carbons (Fsp3) is 0.250. The fourth-order valence-corrected chi connectivity index (χ4v) is 2.16. The second-order valence-corrected chi connectivity index (χ2v) is 4.76. The van der Waals surface area contributed by atoms with E-state index in [9.17, 15) is 4.79 Å². The van der Waals surface area contributed by atoms with Crippen LogP contribution in [0.4, 0.5) is 5.69 Å². The van der Waals surface area contributed by atoms with Gasteiger partial charge in [0.25, 0.3) is 0 Å². The van der Waals surface area contributed by atoms with Gasteiger partial charge in [0, 0.05) is 24.5 Å². The maximum absolute atomic E-state index is 11.9. The van der Waals surface area contributed by atoms with E-state index < -0.39 is 0 Å². The van der Waals surface area contributed by atoms with Gasteiger partial charge in [0.1, 0.15) is 13.2 Å². The highest BCUT2D eigenvalue weighted by Crippen LogP contribution is 2.31. The van der Waals surface area contributed by atoms with Crippen LogP contribution in [-0.2, 0) is 11.2 Å². The highest BCUT2D eigenvalue weighted by atomic mass is 16.6. The van der Waals surface area contributed by atoms with Crippen molar-refractivity contribution in [1.29, 1.82) is 0 Å². The molecular weight excluding hydrogens is 268 g/mol. The van der Waals surface area contributed by atoms with E-state index in [1.807, 2.05) is 18.2 Å². The summed E-state index contributed by atoms with van der Waals surface area (Å²) in [4.78, 5) is 15.8. The molecule has 0 bridgehead atoms. The summed E-state index contributed by atoms with van der Waals surface area (Å²) in [7, 11) is 0. The average Bonchev–Trinajstić information content (AvgIpc) is 2.54. The van der Waals surface area contributed by atoms with Gasteiger partial charge in [0.05, 0.1) is 0 Å². The Labute approximate surface area is 122 Å². The van der Waals surface area contributed by atoms with Gasteiger partial charge in [-0.3, -0.25) is 9.78 Å². The molecule has 0 saturated carbocycles. The molecule has 21 heavy (non-hydrogen) atoms. The van der Waals surface area contributed by atoms with E-state index in [0.29, 0.717) is 26.1 Å². The van der Waals surface area contributed by atoms with Crippen molar-refractivity contribution in [3.8, 4) is 11.5 Å². The van der Waals surface area contributed by atoms with Gasteiger partial charge in [0.15, 0.2) is 11.5 Å². The third-order valence-corrected chi connectivity index (χ3v) is 3.21. The first-order valence-electron chi connectivity index (χ1n) is 6.90. The first kappa shape index (κ1) is 13.4. The quantitative estimate of drug-likeness (QED) is 0.936. The molecule has 3 rings (SSSR count). The SMILES string of the molecule is O=C(CCc1ccc2c(c1)OCCO2)Nc1ccncc1. The summed E-state index contributed by atoms with van der Waals surface area (Å²) in [6.45, 7) is 1.15. The highest BCUT2D eigenvalue weighted by molar-refractivity contribution is 5.90. The van der Waals surface area contributed by atoms with Gasteiger partial charge < -0.3 is 14.8 Å². The number of rotatable bonds is 4. The molecule has 5 nitrogen and oxygen atoms in total. The molecule has 0 spiro atoms. The van der Waals surface area contributed by atoms with Crippen LogP contribution in [0.25, 0.3) is 0 Å². The second kappa shape index (κ2) is 6.26. The minimum atomic E-state index is -0.0175. The van der Waals surface area contributed by atoms with Gasteiger partial charge in [-0.25, -0.2) is 0 Å². The van der Waals surface area contributed by atoms with Crippen molar-refractivity contribution in [2.75, 3.05) is 18.5 Å². The predicted molar refractivity (Wildman–Crippen MR) is 78.6 cm³/mol. The summed E-state index contributed by atoms with van der Waals surface area (Å²) in [6, 6.07) is 9.33. The number of hydrogen-bond acceptors (Lipinski definition) is 4. The Hall–Kier alpha value is -2.56. The number of carbonyl (C=O) groups excluding carboxylic acids is 1. The molecule has 5 heteroatoms. The molecule has 2 heterocycles. The molecular formula is C16H16N2O3. The highest BCUT2D eigenvalue weighted by Gasteiger charge is 2.12. The average molecular weight is 284 g/mol. The number of nitrogens with one attached hydrogen (secondary N) is 1. The number of ether oxygens (including phenoxy) is 2. The van der Waals surface area contributed by atoms with Crippen LogP contribution in [-0.4, -0.2) is 24.1 Å². The predicted octanol–water partition coefficient (Wildman–Crippen LogP) is 2.42. The van der Waals surface area contributed by atoms with E-state index in [2.05, 4.69) is 10.3 Å². The van der Waals surface area contributed by atoms with Crippen LogP contribution in [0.1, 0.15) is 12.0 Å². The van der Waals surface area contributed by atoms with Crippen molar-refractivity contribution >= 4 is 11.6 Å². The third kappa shape index (κ3) is 3.51. The Morgan fingerprint density at radius 2 is 1.86 bits per heavy atom. The van der Waals surface area contributed by atoms with Crippen molar-refractivity contribution in [3.63, 3.8) is 0 Å². The topological polar surface area (TPSA) is 60.5 Å². The standard InChI is InChI=1S/C16H16N2O3/c19-16(18-13-5-7-17-8-6-13)4-2-12-1-3-14-15(11-12)21-10-9-20-14/h1,3,5-8,11H,2,4,9-10H2,(H,17,18,19). The van der Waals surface area contributed by atoms with Crippen molar-refractivity contribution in [1.82, 2.24) is 4.98 Å². The summed E-state index contributed by atoms with van der Waals surface area (Å²) < 4.78 is 11.0. The molecule has 1 aromatic heterocycles. The minimum absolute atomic E-state index is 0.0175. The lowest BCUT2D eigenvalue weighted by atomic mass is 10.1. The van der Waals surface area contributed by atoms with Gasteiger partial charge in [-0.05, 0) is 36.2 Å². The van der Waals surface area contributed by atoms with Crippen LogP contribution >= 0.6 is 0 Å². The largest absolute Gasteiger partial charge is 0.486 e. The maximum Gasteiger partial charge on any atom is 0.224 e. The van der Waals surface area contributed by atoms with Gasteiger partial charge in [-0.15, -0.1) is 0 Å². The summed E-state index contributed by atoms with van der Waals surface area (Å²) >= 11 is 0. The Morgan fingerprint density at radius 3 is 2.67 bits per heavy atom. The smallest absolute Gasteiger partial charge is 0.224 e. The number of pyridine rings is 1. The lowest BCUT2D eigenvalue weighted by Crippen LogP contribution is -2.15. The number of aryl methyl sites for hydroxylation is 1. The summed E-state index contributed by atoms with van der Waals surface area (Å²) in [5.74, 6) is 1.51. The van der Waals surface area contributed by atoms with E-state index >= 15 is 0 Å². The van der Waals surface area contributed by atoms with Crippen molar-refractivity contribution in [2.45, 2.75) is 12.8 Å². The molecule has 1 amide bonds. The molecule has 108 valence electrons. The summed E-state index contributed by atoms with van der Waals surface area (Å²) in [5, 5.41) is 2.84.